The van der Waals surface area contributed by atoms with Crippen LogP contribution in [0.4, 0.5) is 0 Å². The minimum atomic E-state index is -0.609. The Labute approximate surface area is 180 Å². The first-order valence-corrected chi connectivity index (χ1v) is 12.0. The minimum absolute atomic E-state index is 0.0718. The lowest BCUT2D eigenvalue weighted by molar-refractivity contribution is -0.149. The lowest BCUT2D eigenvalue weighted by Crippen LogP contribution is -2.52. The van der Waals surface area contributed by atoms with Crippen molar-refractivity contribution in [3.63, 3.8) is 0 Å². The van der Waals surface area contributed by atoms with E-state index in [2.05, 4.69) is 11.4 Å². The van der Waals surface area contributed by atoms with Gasteiger partial charge in [0, 0.05) is 24.0 Å². The highest BCUT2D eigenvalue weighted by Crippen LogP contribution is 2.53. The van der Waals surface area contributed by atoms with Crippen molar-refractivity contribution in [3.8, 4) is 0 Å². The van der Waals surface area contributed by atoms with Gasteiger partial charge in [-0.1, -0.05) is 12.2 Å². The van der Waals surface area contributed by atoms with E-state index in [0.717, 1.165) is 25.9 Å². The molecule has 7 heteroatoms. The van der Waals surface area contributed by atoms with Gasteiger partial charge in [-0.25, -0.2) is 0 Å². The summed E-state index contributed by atoms with van der Waals surface area (Å²) in [6.07, 6.45) is 6.39. The summed E-state index contributed by atoms with van der Waals surface area (Å²) in [6, 6.07) is 2.33. The standard InChI is InChI=1S/C23H28N2O4S/c1-14(2)25-13-23-6-3-16(29-23)17(18(23)21(25)27)20(26)24-9-7-22(8-10-24)19-15(4-11-28-22)5-12-30-19/h3,5-6,12,14,16-18H,4,7-11,13H2,1-2H3/t16-,17-,18+,23-/m0/s1. The first kappa shape index (κ1) is 19.0. The van der Waals surface area contributed by atoms with Gasteiger partial charge in [0.1, 0.15) is 11.2 Å². The number of amides is 2. The largest absolute Gasteiger partial charge is 0.369 e. The third-order valence-electron chi connectivity index (χ3n) is 7.83. The number of hydrogen-bond donors (Lipinski definition) is 0. The summed E-state index contributed by atoms with van der Waals surface area (Å²) in [4.78, 5) is 32.0. The molecule has 0 aromatic carbocycles. The van der Waals surface area contributed by atoms with Crippen LogP contribution >= 0.6 is 11.3 Å². The number of piperidine rings is 1. The van der Waals surface area contributed by atoms with Gasteiger partial charge in [-0.05, 0) is 50.1 Å². The molecular formula is C23H28N2O4S. The molecule has 5 aliphatic heterocycles. The molecule has 1 aromatic heterocycles. The molecular weight excluding hydrogens is 400 g/mol. The van der Waals surface area contributed by atoms with E-state index in [9.17, 15) is 9.59 Å². The maximum atomic E-state index is 13.6. The summed E-state index contributed by atoms with van der Waals surface area (Å²) in [7, 11) is 0. The fourth-order valence-electron chi connectivity index (χ4n) is 6.27. The summed E-state index contributed by atoms with van der Waals surface area (Å²) >= 11 is 1.78. The molecule has 5 aliphatic rings. The number of carbonyl (C=O) groups is 2. The maximum Gasteiger partial charge on any atom is 0.230 e. The van der Waals surface area contributed by atoms with Crippen LogP contribution in [0.15, 0.2) is 23.6 Å². The van der Waals surface area contributed by atoms with Gasteiger partial charge in [0.15, 0.2) is 0 Å². The Hall–Kier alpha value is -1.70. The molecule has 0 N–H and O–H groups in total. The van der Waals surface area contributed by atoms with Crippen molar-refractivity contribution in [1.29, 1.82) is 0 Å². The van der Waals surface area contributed by atoms with Crippen LogP contribution in [0.3, 0.4) is 0 Å². The average molecular weight is 429 g/mol. The van der Waals surface area contributed by atoms with Crippen LogP contribution in [0.2, 0.25) is 0 Å². The maximum absolute atomic E-state index is 13.6. The Morgan fingerprint density at radius 2 is 2.10 bits per heavy atom. The molecule has 6 heterocycles. The fourth-order valence-corrected chi connectivity index (χ4v) is 7.44. The number of likely N-dealkylation sites (tertiary alicyclic amines) is 2. The van der Waals surface area contributed by atoms with Crippen LogP contribution in [0.25, 0.3) is 0 Å². The average Bonchev–Trinajstić information content (AvgIpc) is 3.49. The number of nitrogens with zero attached hydrogens (tertiary/aromatic N) is 2. The summed E-state index contributed by atoms with van der Waals surface area (Å²) in [5.41, 5.74) is 0.564. The zero-order valence-corrected chi connectivity index (χ0v) is 18.3. The Kier molecular flexibility index (Phi) is 4.06. The normalized spacial score (nSPS) is 36.1. The Morgan fingerprint density at radius 3 is 2.87 bits per heavy atom. The first-order chi connectivity index (χ1) is 14.4. The number of ether oxygens (including phenoxy) is 2. The van der Waals surface area contributed by atoms with Crippen molar-refractivity contribution >= 4 is 23.2 Å². The van der Waals surface area contributed by atoms with Crippen molar-refractivity contribution < 1.29 is 19.1 Å². The molecule has 6 nitrogen and oxygen atoms in total. The van der Waals surface area contributed by atoms with Crippen molar-refractivity contribution in [2.24, 2.45) is 11.8 Å². The van der Waals surface area contributed by atoms with E-state index in [0.29, 0.717) is 19.6 Å². The molecule has 30 heavy (non-hydrogen) atoms. The quantitative estimate of drug-likeness (QED) is 0.679. The lowest BCUT2D eigenvalue weighted by Gasteiger charge is -2.44. The Morgan fingerprint density at radius 1 is 1.30 bits per heavy atom. The molecule has 2 amide bonds. The smallest absolute Gasteiger partial charge is 0.230 e. The van der Waals surface area contributed by atoms with E-state index in [1.165, 1.54) is 10.4 Å². The molecule has 1 aromatic rings. The van der Waals surface area contributed by atoms with E-state index in [4.69, 9.17) is 9.47 Å². The zero-order chi connectivity index (χ0) is 20.7. The molecule has 3 fully saturated rings. The molecule has 160 valence electrons. The van der Waals surface area contributed by atoms with Crippen LogP contribution in [-0.2, 0) is 31.1 Å². The SMILES string of the molecule is CC(C)N1C[C@]23C=C[C@H](O2)[C@H](C(=O)N2CCC4(CC2)OCCc2ccsc24)[C@@H]3C1=O. The summed E-state index contributed by atoms with van der Waals surface area (Å²) in [5.74, 6) is -0.632. The number of carbonyl (C=O) groups excluding carboxylic acids is 2. The summed E-state index contributed by atoms with van der Waals surface area (Å²) < 4.78 is 12.6. The van der Waals surface area contributed by atoms with Gasteiger partial charge in [0.05, 0.1) is 31.1 Å². The highest BCUT2D eigenvalue weighted by atomic mass is 32.1. The van der Waals surface area contributed by atoms with E-state index >= 15 is 0 Å². The molecule has 0 saturated carbocycles. The Bertz CT molecular complexity index is 931. The van der Waals surface area contributed by atoms with Gasteiger partial charge in [0.2, 0.25) is 11.8 Å². The fraction of sp³-hybridized carbons (Fsp3) is 0.652. The lowest BCUT2D eigenvalue weighted by atomic mass is 9.76. The first-order valence-electron chi connectivity index (χ1n) is 11.1. The highest BCUT2D eigenvalue weighted by Gasteiger charge is 2.67. The summed E-state index contributed by atoms with van der Waals surface area (Å²) in [6.45, 7) is 6.70. The van der Waals surface area contributed by atoms with Crippen LogP contribution in [-0.4, -0.2) is 65.6 Å². The van der Waals surface area contributed by atoms with Gasteiger partial charge in [-0.2, -0.15) is 0 Å². The number of fused-ring (bicyclic) bond motifs is 3. The second-order valence-electron chi connectivity index (χ2n) is 9.65. The molecule has 3 saturated heterocycles. The van der Waals surface area contributed by atoms with Crippen molar-refractivity contribution in [2.45, 2.75) is 56.5 Å². The molecule has 4 atom stereocenters. The van der Waals surface area contributed by atoms with E-state index in [1.807, 2.05) is 35.8 Å². The molecule has 6 rings (SSSR count). The van der Waals surface area contributed by atoms with E-state index < -0.39 is 11.5 Å². The number of thiophene rings is 1. The second-order valence-corrected chi connectivity index (χ2v) is 10.6. The van der Waals surface area contributed by atoms with Crippen LogP contribution < -0.4 is 0 Å². The topological polar surface area (TPSA) is 59.1 Å². The summed E-state index contributed by atoms with van der Waals surface area (Å²) in [5, 5.41) is 2.16. The molecule has 0 radical (unpaired) electrons. The third-order valence-corrected chi connectivity index (χ3v) is 8.97. The monoisotopic (exact) mass is 428 g/mol. The van der Waals surface area contributed by atoms with Crippen molar-refractivity contribution in [2.75, 3.05) is 26.2 Å². The molecule has 0 aliphatic carbocycles. The molecule has 2 spiro atoms. The van der Waals surface area contributed by atoms with Crippen LogP contribution in [0.1, 0.15) is 37.1 Å². The van der Waals surface area contributed by atoms with Gasteiger partial charge in [0.25, 0.3) is 0 Å². The van der Waals surface area contributed by atoms with Crippen LogP contribution in [0, 0.1) is 11.8 Å². The second kappa shape index (κ2) is 6.40. The predicted octanol–water partition coefficient (Wildman–Crippen LogP) is 2.33. The third kappa shape index (κ3) is 2.43. The van der Waals surface area contributed by atoms with Gasteiger partial charge >= 0.3 is 0 Å². The van der Waals surface area contributed by atoms with Crippen LogP contribution in [0.5, 0.6) is 0 Å². The van der Waals surface area contributed by atoms with E-state index in [1.54, 1.807) is 11.3 Å². The zero-order valence-electron chi connectivity index (χ0n) is 17.5. The van der Waals surface area contributed by atoms with Crippen molar-refractivity contribution in [3.05, 3.63) is 34.0 Å². The highest BCUT2D eigenvalue weighted by molar-refractivity contribution is 7.10. The Balaban J connectivity index is 1.22. The number of hydrogen-bond acceptors (Lipinski definition) is 5. The van der Waals surface area contributed by atoms with Gasteiger partial charge in [-0.3, -0.25) is 9.59 Å². The van der Waals surface area contributed by atoms with Gasteiger partial charge in [-0.15, -0.1) is 11.3 Å². The van der Waals surface area contributed by atoms with Crippen molar-refractivity contribution in [1.82, 2.24) is 9.80 Å². The van der Waals surface area contributed by atoms with Gasteiger partial charge < -0.3 is 19.3 Å². The number of rotatable bonds is 2. The molecule has 0 unspecified atom stereocenters. The van der Waals surface area contributed by atoms with E-state index in [-0.39, 0.29) is 35.5 Å². The predicted molar refractivity (Wildman–Crippen MR) is 112 cm³/mol. The molecule has 2 bridgehead atoms. The minimum Gasteiger partial charge on any atom is -0.369 e.